The number of aryl methyl sites for hydroxylation is 1. The minimum atomic E-state index is -0.824. The van der Waals surface area contributed by atoms with Gasteiger partial charge in [0.05, 0.1) is 5.69 Å². The number of aliphatic carboxylic acids is 1. The van der Waals surface area contributed by atoms with Crippen LogP contribution in [0.15, 0.2) is 0 Å². The highest BCUT2D eigenvalue weighted by molar-refractivity contribution is 6.30. The van der Waals surface area contributed by atoms with E-state index in [0.717, 1.165) is 24.4 Å². The Balaban J connectivity index is 2.51. The van der Waals surface area contributed by atoms with Crippen molar-refractivity contribution in [3.63, 3.8) is 0 Å². The molecule has 1 atom stereocenters. The Bertz CT molecular complexity index is 426. The van der Waals surface area contributed by atoms with Crippen molar-refractivity contribution in [2.45, 2.75) is 45.1 Å². The van der Waals surface area contributed by atoms with Gasteiger partial charge in [-0.2, -0.15) is 0 Å². The van der Waals surface area contributed by atoms with Crippen LogP contribution in [0.5, 0.6) is 0 Å². The van der Waals surface area contributed by atoms with Crippen LogP contribution >= 0.6 is 11.6 Å². The van der Waals surface area contributed by atoms with Crippen LogP contribution in [0.1, 0.15) is 50.2 Å². The number of rotatable bonds is 2. The lowest BCUT2D eigenvalue weighted by atomic mass is 10.1. The van der Waals surface area contributed by atoms with Gasteiger partial charge in [0.1, 0.15) is 17.0 Å². The summed E-state index contributed by atoms with van der Waals surface area (Å²) >= 11 is 6.21. The molecule has 88 valence electrons. The lowest BCUT2D eigenvalue weighted by Crippen LogP contribution is -2.25. The van der Waals surface area contributed by atoms with Gasteiger partial charge in [-0.15, -0.1) is 0 Å². The second-order valence-electron chi connectivity index (χ2n) is 4.48. The minimum absolute atomic E-state index is 0.222. The summed E-state index contributed by atoms with van der Waals surface area (Å²) in [5.41, 5.74) is 0.810. The first-order valence-corrected chi connectivity index (χ1v) is 5.89. The molecular weight excluding hydrogens is 228 g/mol. The van der Waals surface area contributed by atoms with E-state index in [1.165, 1.54) is 0 Å². The molecule has 2 heterocycles. The van der Waals surface area contributed by atoms with Crippen LogP contribution in [-0.2, 0) is 11.2 Å². The molecule has 0 saturated carbocycles. The third kappa shape index (κ3) is 1.71. The summed E-state index contributed by atoms with van der Waals surface area (Å²) in [7, 11) is 0. The van der Waals surface area contributed by atoms with Crippen LogP contribution in [0.25, 0.3) is 0 Å². The normalized spacial score (nSPS) is 19.9. The summed E-state index contributed by atoms with van der Waals surface area (Å²) in [4.78, 5) is 15.6. The summed E-state index contributed by atoms with van der Waals surface area (Å²) in [5, 5.41) is 9.65. The van der Waals surface area contributed by atoms with E-state index in [1.54, 1.807) is 4.57 Å². The van der Waals surface area contributed by atoms with Crippen LogP contribution in [-0.4, -0.2) is 20.6 Å². The molecule has 0 spiro atoms. The number of imidazole rings is 1. The van der Waals surface area contributed by atoms with Gasteiger partial charge in [-0.1, -0.05) is 25.4 Å². The molecule has 0 radical (unpaired) electrons. The van der Waals surface area contributed by atoms with Crippen LogP contribution < -0.4 is 0 Å². The zero-order chi connectivity index (χ0) is 11.9. The standard InChI is InChI=1S/C11H15ClN2O2/c1-6(2)9-10(12)14-7(11(15)16)4-3-5-8(14)13-9/h6-7H,3-5H2,1-2H3,(H,15,16). The fraction of sp³-hybridized carbons (Fsp3) is 0.636. The molecule has 0 amide bonds. The van der Waals surface area contributed by atoms with Gasteiger partial charge < -0.3 is 9.67 Å². The molecule has 1 aliphatic rings. The number of halogens is 1. The fourth-order valence-electron chi connectivity index (χ4n) is 2.15. The van der Waals surface area contributed by atoms with Crippen LogP contribution in [0.2, 0.25) is 5.15 Å². The van der Waals surface area contributed by atoms with Crippen molar-refractivity contribution in [2.24, 2.45) is 0 Å². The Morgan fingerprint density at radius 2 is 2.31 bits per heavy atom. The molecule has 1 aromatic heterocycles. The van der Waals surface area contributed by atoms with Crippen LogP contribution in [0.3, 0.4) is 0 Å². The van der Waals surface area contributed by atoms with Gasteiger partial charge >= 0.3 is 5.97 Å². The highest BCUT2D eigenvalue weighted by Crippen LogP contribution is 2.33. The van der Waals surface area contributed by atoms with Crippen molar-refractivity contribution in [3.8, 4) is 0 Å². The smallest absolute Gasteiger partial charge is 0.326 e. The van der Waals surface area contributed by atoms with Gasteiger partial charge in [0.25, 0.3) is 0 Å². The Kier molecular flexibility index (Phi) is 2.93. The molecule has 4 nitrogen and oxygen atoms in total. The molecule has 1 aromatic rings. The summed E-state index contributed by atoms with van der Waals surface area (Å²) < 4.78 is 1.68. The lowest BCUT2D eigenvalue weighted by Gasteiger charge is -2.22. The quantitative estimate of drug-likeness (QED) is 0.867. The molecule has 0 aliphatic carbocycles. The second-order valence-corrected chi connectivity index (χ2v) is 4.83. The molecule has 1 unspecified atom stereocenters. The van der Waals surface area contributed by atoms with Crippen molar-refractivity contribution < 1.29 is 9.90 Å². The SMILES string of the molecule is CC(C)c1nc2n(c1Cl)C(C(=O)O)CCC2. The zero-order valence-corrected chi connectivity index (χ0v) is 10.2. The third-order valence-electron chi connectivity index (χ3n) is 2.97. The summed E-state index contributed by atoms with van der Waals surface area (Å²) in [6.45, 7) is 4.02. The van der Waals surface area contributed by atoms with Crippen molar-refractivity contribution in [2.75, 3.05) is 0 Å². The molecule has 0 aromatic carbocycles. The first-order chi connectivity index (χ1) is 7.52. The Hall–Kier alpha value is -1.03. The number of fused-ring (bicyclic) bond motifs is 1. The van der Waals surface area contributed by atoms with Crippen molar-refractivity contribution in [1.29, 1.82) is 0 Å². The van der Waals surface area contributed by atoms with Gasteiger partial charge in [0, 0.05) is 6.42 Å². The number of carboxylic acid groups (broad SMARTS) is 1. The second kappa shape index (κ2) is 4.09. The Labute approximate surface area is 99.2 Å². The van der Waals surface area contributed by atoms with Gasteiger partial charge in [0.2, 0.25) is 0 Å². The zero-order valence-electron chi connectivity index (χ0n) is 9.40. The first kappa shape index (κ1) is 11.5. The molecule has 16 heavy (non-hydrogen) atoms. The highest BCUT2D eigenvalue weighted by Gasteiger charge is 2.30. The van der Waals surface area contributed by atoms with Crippen molar-refractivity contribution >= 4 is 17.6 Å². The lowest BCUT2D eigenvalue weighted by molar-refractivity contribution is -0.141. The van der Waals surface area contributed by atoms with E-state index in [1.807, 2.05) is 13.8 Å². The number of carboxylic acids is 1. The molecular formula is C11H15ClN2O2. The average molecular weight is 243 g/mol. The summed E-state index contributed by atoms with van der Waals surface area (Å²) in [6, 6.07) is -0.545. The molecule has 0 saturated heterocycles. The number of carbonyl (C=O) groups is 1. The molecule has 0 fully saturated rings. The maximum atomic E-state index is 11.1. The molecule has 2 rings (SSSR count). The fourth-order valence-corrected chi connectivity index (χ4v) is 2.63. The van der Waals surface area contributed by atoms with E-state index >= 15 is 0 Å². The van der Waals surface area contributed by atoms with Gasteiger partial charge in [-0.25, -0.2) is 9.78 Å². The number of nitrogens with zero attached hydrogens (tertiary/aromatic N) is 2. The predicted octanol–water partition coefficient (Wildman–Crippen LogP) is 2.62. The van der Waals surface area contributed by atoms with E-state index in [2.05, 4.69) is 4.98 Å². The third-order valence-corrected chi connectivity index (χ3v) is 3.35. The summed E-state index contributed by atoms with van der Waals surface area (Å²) in [6.07, 6.45) is 2.31. The number of hydrogen-bond donors (Lipinski definition) is 1. The van der Waals surface area contributed by atoms with E-state index in [-0.39, 0.29) is 5.92 Å². The average Bonchev–Trinajstić information content (AvgIpc) is 2.56. The predicted molar refractivity (Wildman–Crippen MR) is 60.9 cm³/mol. The molecule has 1 aliphatic heterocycles. The maximum absolute atomic E-state index is 11.1. The van der Waals surface area contributed by atoms with Crippen molar-refractivity contribution in [1.82, 2.24) is 9.55 Å². The Morgan fingerprint density at radius 3 is 2.88 bits per heavy atom. The minimum Gasteiger partial charge on any atom is -0.480 e. The highest BCUT2D eigenvalue weighted by atomic mass is 35.5. The van der Waals surface area contributed by atoms with Crippen LogP contribution in [0.4, 0.5) is 0 Å². The number of hydrogen-bond acceptors (Lipinski definition) is 2. The van der Waals surface area contributed by atoms with E-state index in [0.29, 0.717) is 11.6 Å². The number of aromatic nitrogens is 2. The van der Waals surface area contributed by atoms with Crippen molar-refractivity contribution in [3.05, 3.63) is 16.7 Å². The monoisotopic (exact) mass is 242 g/mol. The van der Waals surface area contributed by atoms with Gasteiger partial charge in [-0.05, 0) is 18.8 Å². The molecule has 5 heteroatoms. The first-order valence-electron chi connectivity index (χ1n) is 5.51. The van der Waals surface area contributed by atoms with E-state index in [9.17, 15) is 4.79 Å². The van der Waals surface area contributed by atoms with Gasteiger partial charge in [-0.3, -0.25) is 0 Å². The van der Waals surface area contributed by atoms with Crippen LogP contribution in [0, 0.1) is 0 Å². The van der Waals surface area contributed by atoms with E-state index in [4.69, 9.17) is 16.7 Å². The summed E-state index contributed by atoms with van der Waals surface area (Å²) in [5.74, 6) is 0.211. The maximum Gasteiger partial charge on any atom is 0.326 e. The molecule has 1 N–H and O–H groups in total. The largest absolute Gasteiger partial charge is 0.480 e. The van der Waals surface area contributed by atoms with E-state index < -0.39 is 12.0 Å². The Morgan fingerprint density at radius 1 is 1.62 bits per heavy atom. The topological polar surface area (TPSA) is 55.1 Å². The molecule has 0 bridgehead atoms. The van der Waals surface area contributed by atoms with Gasteiger partial charge in [0.15, 0.2) is 0 Å².